The molecule has 0 aliphatic carbocycles. The molecule has 10 nitrogen and oxygen atoms in total. The lowest BCUT2D eigenvalue weighted by atomic mass is 10.00. The van der Waals surface area contributed by atoms with Crippen molar-refractivity contribution in [3.63, 3.8) is 0 Å². The van der Waals surface area contributed by atoms with E-state index in [1.807, 2.05) is 13.0 Å². The Kier molecular flexibility index (Phi) is 5.73. The number of hydrogen-bond donors (Lipinski definition) is 2. The van der Waals surface area contributed by atoms with E-state index in [9.17, 15) is 4.79 Å². The maximum absolute atomic E-state index is 15.2. The molecule has 0 unspecified atom stereocenters. The summed E-state index contributed by atoms with van der Waals surface area (Å²) in [5, 5.41) is 12.4. The van der Waals surface area contributed by atoms with E-state index in [0.717, 1.165) is 5.69 Å². The zero-order chi connectivity index (χ0) is 28.6. The monoisotopic (exact) mass is 594 g/mol. The van der Waals surface area contributed by atoms with Crippen LogP contribution in [-0.2, 0) is 6.42 Å². The number of nitrogens with zero attached hydrogens (tertiary/aromatic N) is 6. The van der Waals surface area contributed by atoms with Crippen LogP contribution in [-0.4, -0.2) is 34.7 Å². The van der Waals surface area contributed by atoms with Gasteiger partial charge in [-0.2, -0.15) is 4.39 Å². The van der Waals surface area contributed by atoms with Gasteiger partial charge >= 0.3 is 0 Å². The number of aromatic nitrogens is 7. The molecule has 1 aliphatic heterocycles. The number of nitrogens with two attached hydrogens (primary N) is 1. The zero-order valence-corrected chi connectivity index (χ0v) is 22.6. The number of rotatable bonds is 4. The van der Waals surface area contributed by atoms with Crippen molar-refractivity contribution in [1.82, 2.24) is 34.7 Å². The van der Waals surface area contributed by atoms with E-state index in [-0.39, 0.29) is 50.5 Å². The van der Waals surface area contributed by atoms with Crippen molar-refractivity contribution in [1.29, 1.82) is 0 Å². The van der Waals surface area contributed by atoms with Gasteiger partial charge in [0.05, 0.1) is 23.3 Å². The topological polar surface area (TPSA) is 133 Å². The van der Waals surface area contributed by atoms with Crippen LogP contribution in [0.4, 0.5) is 14.6 Å². The van der Waals surface area contributed by atoms with Gasteiger partial charge in [-0.15, -0.1) is 5.10 Å². The summed E-state index contributed by atoms with van der Waals surface area (Å²) < 4.78 is 38.4. The van der Waals surface area contributed by atoms with Gasteiger partial charge < -0.3 is 19.8 Å². The molecule has 0 spiro atoms. The van der Waals surface area contributed by atoms with E-state index >= 15 is 8.78 Å². The summed E-state index contributed by atoms with van der Waals surface area (Å²) in [5.74, 6) is -1.65. The van der Waals surface area contributed by atoms with E-state index < -0.39 is 17.8 Å². The third-order valence-electron chi connectivity index (χ3n) is 7.31. The third kappa shape index (κ3) is 4.01. The van der Waals surface area contributed by atoms with Gasteiger partial charge in [0, 0.05) is 27.9 Å². The first kappa shape index (κ1) is 25.4. The van der Waals surface area contributed by atoms with E-state index in [1.54, 1.807) is 29.0 Å². The number of benzene rings is 2. The van der Waals surface area contributed by atoms with Crippen molar-refractivity contribution in [3.05, 3.63) is 92.5 Å². The Morgan fingerprint density at radius 3 is 2.73 bits per heavy atom. The average molecular weight is 595 g/mol. The van der Waals surface area contributed by atoms with Crippen molar-refractivity contribution in [2.24, 2.45) is 5.92 Å². The quantitative estimate of drug-likeness (QED) is 0.272. The van der Waals surface area contributed by atoms with Crippen LogP contribution in [0.25, 0.3) is 39.0 Å². The van der Waals surface area contributed by atoms with Crippen molar-refractivity contribution >= 4 is 40.0 Å². The Hall–Kier alpha value is -4.55. The number of fused-ring (bicyclic) bond motifs is 2. The molecule has 14 heteroatoms. The Bertz CT molecular complexity index is 2060. The Morgan fingerprint density at radius 1 is 1.12 bits per heavy atom. The molecule has 0 saturated heterocycles. The summed E-state index contributed by atoms with van der Waals surface area (Å²) in [7, 11) is 0. The van der Waals surface area contributed by atoms with Crippen LogP contribution in [0.3, 0.4) is 0 Å². The third-order valence-corrected chi connectivity index (χ3v) is 7.72. The first-order valence-corrected chi connectivity index (χ1v) is 13.2. The van der Waals surface area contributed by atoms with Gasteiger partial charge in [0.15, 0.2) is 16.8 Å². The first-order chi connectivity index (χ1) is 19.7. The normalized spacial score (nSPS) is 16.5. The number of halogens is 4. The number of anilines is 1. The minimum atomic E-state index is -0.911. The number of nitrogens with one attached hydrogen (secondary N) is 1. The number of aromatic amines is 1. The Balaban J connectivity index is 1.31. The predicted molar refractivity (Wildman–Crippen MR) is 148 cm³/mol. The molecular weight excluding hydrogens is 577 g/mol. The SMILES string of the molecule is C[C@H]1Cc2cc(-c3cc(Cl)ccc3-n3cc(Cl)nn3)cc(=O)n2[C@@H]1c1nc(F)c(-c2ccc3c(N)noc3c2F)[nH]1. The summed E-state index contributed by atoms with van der Waals surface area (Å²) in [5.41, 5.74) is 7.54. The molecule has 41 heavy (non-hydrogen) atoms. The van der Waals surface area contributed by atoms with Gasteiger partial charge in [0.2, 0.25) is 11.5 Å². The van der Waals surface area contributed by atoms with Crippen LogP contribution in [0.15, 0.2) is 58.0 Å². The van der Waals surface area contributed by atoms with Gasteiger partial charge in [-0.25, -0.2) is 14.1 Å². The average Bonchev–Trinajstić information content (AvgIpc) is 3.70. The highest BCUT2D eigenvalue weighted by atomic mass is 35.5. The number of nitrogen functional groups attached to an aromatic ring is 1. The lowest BCUT2D eigenvalue weighted by Crippen LogP contribution is -2.26. The maximum Gasteiger partial charge on any atom is 0.252 e. The van der Waals surface area contributed by atoms with E-state index in [0.29, 0.717) is 28.3 Å². The molecule has 0 bridgehead atoms. The van der Waals surface area contributed by atoms with E-state index in [4.69, 9.17) is 33.5 Å². The molecule has 2 aromatic carbocycles. The molecule has 7 rings (SSSR count). The summed E-state index contributed by atoms with van der Waals surface area (Å²) in [6.07, 6.45) is 2.06. The lowest BCUT2D eigenvalue weighted by Gasteiger charge is -2.17. The summed E-state index contributed by atoms with van der Waals surface area (Å²) >= 11 is 12.3. The predicted octanol–water partition coefficient (Wildman–Crippen LogP) is 5.58. The molecule has 4 aromatic heterocycles. The second-order valence-corrected chi connectivity index (χ2v) is 10.7. The molecule has 206 valence electrons. The van der Waals surface area contributed by atoms with Gasteiger partial charge in [-0.05, 0) is 54.3 Å². The molecule has 6 aromatic rings. The van der Waals surface area contributed by atoms with Crippen LogP contribution in [0.1, 0.15) is 24.5 Å². The minimum absolute atomic E-state index is 0.0290. The fourth-order valence-corrected chi connectivity index (χ4v) is 5.82. The fraction of sp³-hybridized carbons (Fsp3) is 0.148. The van der Waals surface area contributed by atoms with Gasteiger partial charge in [0.1, 0.15) is 11.5 Å². The minimum Gasteiger partial charge on any atom is -0.380 e. The first-order valence-electron chi connectivity index (χ1n) is 12.4. The van der Waals surface area contributed by atoms with E-state index in [1.165, 1.54) is 22.9 Å². The molecule has 3 N–H and O–H groups in total. The van der Waals surface area contributed by atoms with Crippen molar-refractivity contribution in [2.45, 2.75) is 19.4 Å². The molecular formula is C27H18Cl2F2N8O2. The number of H-pyrrole nitrogens is 1. The molecule has 0 saturated carbocycles. The highest BCUT2D eigenvalue weighted by molar-refractivity contribution is 6.31. The highest BCUT2D eigenvalue weighted by Gasteiger charge is 2.35. The van der Waals surface area contributed by atoms with Crippen molar-refractivity contribution in [3.8, 4) is 28.1 Å². The maximum atomic E-state index is 15.2. The molecule has 1 aliphatic rings. The standard InChI is InChI=1S/C27H18Cl2F2N8O2/c1-11-6-14-7-12(17-9-13(28)2-5-18(17)38-10-19(29)35-37-38)8-20(40)39(14)23(11)27-33-22(25(31)34-27)15-3-4-16-24(21(15)30)41-36-26(16)32/h2-5,7-11,23H,6H2,1H3,(H2,32,36)(H,33,34)/t11-,23-/m0/s1. The van der Waals surface area contributed by atoms with E-state index in [2.05, 4.69) is 25.4 Å². The highest BCUT2D eigenvalue weighted by Crippen LogP contribution is 2.39. The molecule has 2 atom stereocenters. The van der Waals surface area contributed by atoms with Crippen molar-refractivity contribution in [2.75, 3.05) is 5.73 Å². The van der Waals surface area contributed by atoms with Crippen LogP contribution in [0, 0.1) is 17.7 Å². The molecule has 0 radical (unpaired) electrons. The summed E-state index contributed by atoms with van der Waals surface area (Å²) in [6.45, 7) is 1.93. The second-order valence-electron chi connectivity index (χ2n) is 9.88. The Labute approximate surface area is 239 Å². The van der Waals surface area contributed by atoms with Crippen LogP contribution in [0.5, 0.6) is 0 Å². The number of imidazole rings is 1. The van der Waals surface area contributed by atoms with Crippen LogP contribution >= 0.6 is 23.2 Å². The van der Waals surface area contributed by atoms with Gasteiger partial charge in [-0.1, -0.05) is 40.5 Å². The summed E-state index contributed by atoms with van der Waals surface area (Å²) in [4.78, 5) is 20.6. The molecule has 5 heterocycles. The smallest absolute Gasteiger partial charge is 0.252 e. The summed E-state index contributed by atoms with van der Waals surface area (Å²) in [6, 6.07) is 10.8. The van der Waals surface area contributed by atoms with Gasteiger partial charge in [0.25, 0.3) is 5.56 Å². The zero-order valence-electron chi connectivity index (χ0n) is 21.1. The lowest BCUT2D eigenvalue weighted by molar-refractivity contribution is 0.444. The second kappa shape index (κ2) is 9.25. The van der Waals surface area contributed by atoms with Gasteiger partial charge in [-0.3, -0.25) is 4.79 Å². The van der Waals surface area contributed by atoms with Crippen LogP contribution < -0.4 is 11.3 Å². The number of pyridine rings is 1. The van der Waals surface area contributed by atoms with Crippen LogP contribution in [0.2, 0.25) is 10.2 Å². The van der Waals surface area contributed by atoms with Crippen molar-refractivity contribution < 1.29 is 13.3 Å². The Morgan fingerprint density at radius 2 is 1.95 bits per heavy atom. The molecule has 0 amide bonds. The largest absolute Gasteiger partial charge is 0.380 e. The number of hydrogen-bond acceptors (Lipinski definition) is 7. The fourth-order valence-electron chi connectivity index (χ4n) is 5.52. The molecule has 0 fully saturated rings.